The Morgan fingerprint density at radius 1 is 0.609 bits per heavy atom. The third-order valence-corrected chi connectivity index (χ3v) is 8.34. The van der Waals surface area contributed by atoms with Gasteiger partial charge in [0.1, 0.15) is 0 Å². The zero-order valence-corrected chi connectivity index (χ0v) is 15.6. The molecule has 3 aromatic rings. The molecule has 0 aliphatic carbocycles. The Hall–Kier alpha value is -1.69. The maximum atomic E-state index is 4.05. The molecular weight excluding hydrogens is 363 g/mol. The lowest BCUT2D eigenvalue weighted by molar-refractivity contribution is 1.66. The summed E-state index contributed by atoms with van der Waals surface area (Å²) < 4.78 is 0. The monoisotopic (exact) mass is 383 g/mol. The van der Waals surface area contributed by atoms with Crippen LogP contribution in [0.1, 0.15) is 0 Å². The normalized spacial score (nSPS) is 10.6. The van der Waals surface area contributed by atoms with Gasteiger partial charge in [-0.3, -0.25) is 0 Å². The summed E-state index contributed by atoms with van der Waals surface area (Å²) >= 11 is 0. The zero-order valence-electron chi connectivity index (χ0n) is 13.0. The molecule has 1 radical (unpaired) electrons. The Bertz CT molecular complexity index is 627. The number of allylic oxidation sites excluding steroid dienone is 1. The molecule has 0 atom stereocenters. The Labute approximate surface area is 150 Å². The molecule has 3 rings (SSSR count). The molecule has 0 aliphatic rings. The van der Waals surface area contributed by atoms with Crippen LogP contribution in [-0.4, -0.2) is 6.16 Å². The van der Waals surface area contributed by atoms with Crippen LogP contribution in [0.15, 0.2) is 104 Å². The van der Waals surface area contributed by atoms with Crippen LogP contribution < -0.4 is 15.9 Å². The van der Waals surface area contributed by atoms with Gasteiger partial charge in [-0.15, -0.1) is 23.6 Å². The average Bonchev–Trinajstić information content (AvgIpc) is 2.62. The van der Waals surface area contributed by atoms with Crippen molar-refractivity contribution in [2.75, 3.05) is 6.16 Å². The highest BCUT2D eigenvalue weighted by molar-refractivity contribution is 8.93. The predicted molar refractivity (Wildman–Crippen MR) is 111 cm³/mol. The molecule has 117 valence electrons. The molecule has 0 amide bonds. The molecule has 0 nitrogen and oxygen atoms in total. The second-order valence-electron chi connectivity index (χ2n) is 5.29. The van der Waals surface area contributed by atoms with Gasteiger partial charge in [-0.25, -0.2) is 0 Å². The second-order valence-corrected chi connectivity index (χ2v) is 8.82. The molecule has 0 fully saturated rings. The van der Waals surface area contributed by atoms with Crippen molar-refractivity contribution in [3.63, 3.8) is 0 Å². The number of rotatable bonds is 5. The van der Waals surface area contributed by atoms with Gasteiger partial charge in [0.15, 0.2) is 0 Å². The number of halogens is 1. The van der Waals surface area contributed by atoms with Crippen molar-refractivity contribution in [2.24, 2.45) is 0 Å². The minimum atomic E-state index is -1.67. The maximum absolute atomic E-state index is 4.05. The standard InChI is InChI=1S/C21H20P.BrH/c1-2-18-22(19-12-6-3-7-13-19,20-14-8-4-9-15-20)21-16-10-5-11-17-21;/h2-17H,1,18H2;1H. The first-order valence-electron chi connectivity index (χ1n) is 7.54. The van der Waals surface area contributed by atoms with E-state index < -0.39 is 7.26 Å². The van der Waals surface area contributed by atoms with Gasteiger partial charge in [0.25, 0.3) is 0 Å². The van der Waals surface area contributed by atoms with Crippen molar-refractivity contribution in [3.05, 3.63) is 104 Å². The molecule has 23 heavy (non-hydrogen) atoms. The summed E-state index contributed by atoms with van der Waals surface area (Å²) in [6.07, 6.45) is 3.05. The zero-order chi connectivity index (χ0) is 15.3. The molecule has 0 bridgehead atoms. The van der Waals surface area contributed by atoms with E-state index in [1.807, 2.05) is 0 Å². The van der Waals surface area contributed by atoms with E-state index in [9.17, 15) is 0 Å². The highest BCUT2D eigenvalue weighted by Crippen LogP contribution is 2.55. The first-order valence-corrected chi connectivity index (χ1v) is 9.51. The van der Waals surface area contributed by atoms with Gasteiger partial charge in [0, 0.05) is 0 Å². The molecule has 0 saturated heterocycles. The van der Waals surface area contributed by atoms with Crippen LogP contribution in [0.2, 0.25) is 0 Å². The van der Waals surface area contributed by atoms with Crippen molar-refractivity contribution in [2.45, 2.75) is 0 Å². The van der Waals surface area contributed by atoms with Crippen molar-refractivity contribution >= 4 is 40.2 Å². The van der Waals surface area contributed by atoms with E-state index in [1.54, 1.807) is 0 Å². The Balaban J connectivity index is 0.00000192. The fraction of sp³-hybridized carbons (Fsp3) is 0.0476. The quantitative estimate of drug-likeness (QED) is 0.440. The third kappa shape index (κ3) is 3.47. The number of hydrogen-bond acceptors (Lipinski definition) is 0. The van der Waals surface area contributed by atoms with Crippen molar-refractivity contribution < 1.29 is 0 Å². The van der Waals surface area contributed by atoms with E-state index in [0.717, 1.165) is 6.16 Å². The maximum Gasteiger partial charge on any atom is -0.00679 e. The fourth-order valence-electron chi connectivity index (χ4n) is 3.00. The molecule has 0 heterocycles. The topological polar surface area (TPSA) is 0 Å². The molecule has 0 saturated carbocycles. The van der Waals surface area contributed by atoms with Crippen LogP contribution >= 0.6 is 24.2 Å². The van der Waals surface area contributed by atoms with Gasteiger partial charge in [-0.2, -0.15) is 0 Å². The van der Waals surface area contributed by atoms with Crippen LogP contribution in [0.4, 0.5) is 0 Å². The summed E-state index contributed by atoms with van der Waals surface area (Å²) in [4.78, 5) is 0. The lowest BCUT2D eigenvalue weighted by Crippen LogP contribution is -2.32. The molecule has 2 heteroatoms. The number of hydrogen-bond donors (Lipinski definition) is 0. The molecule has 0 unspecified atom stereocenters. The van der Waals surface area contributed by atoms with Gasteiger partial charge in [-0.05, 0) is 29.3 Å². The van der Waals surface area contributed by atoms with Crippen molar-refractivity contribution in [1.82, 2.24) is 0 Å². The minimum absolute atomic E-state index is 0. The van der Waals surface area contributed by atoms with Crippen LogP contribution in [0.3, 0.4) is 0 Å². The van der Waals surface area contributed by atoms with Crippen LogP contribution in [0.25, 0.3) is 0 Å². The van der Waals surface area contributed by atoms with Gasteiger partial charge in [0.05, 0.1) is 0 Å². The van der Waals surface area contributed by atoms with E-state index >= 15 is 0 Å². The summed E-state index contributed by atoms with van der Waals surface area (Å²) in [5.74, 6) is 0. The van der Waals surface area contributed by atoms with Crippen molar-refractivity contribution in [1.29, 1.82) is 0 Å². The fourth-order valence-corrected chi connectivity index (χ4v) is 6.96. The van der Waals surface area contributed by atoms with Gasteiger partial charge in [0.2, 0.25) is 0 Å². The first kappa shape index (κ1) is 17.7. The Morgan fingerprint density at radius 2 is 0.913 bits per heavy atom. The summed E-state index contributed by atoms with van der Waals surface area (Å²) in [5.41, 5.74) is 0. The highest BCUT2D eigenvalue weighted by Gasteiger charge is 2.32. The van der Waals surface area contributed by atoms with E-state index in [2.05, 4.69) is 104 Å². The molecule has 3 aromatic carbocycles. The lowest BCUT2D eigenvalue weighted by atomic mass is 10.4. The third-order valence-electron chi connectivity index (χ3n) is 3.99. The minimum Gasteiger partial charge on any atom is -0.114 e. The first-order chi connectivity index (χ1) is 10.9. The Morgan fingerprint density at radius 3 is 1.17 bits per heavy atom. The molecular formula is C21H21BrP. The summed E-state index contributed by atoms with van der Waals surface area (Å²) in [6.45, 7) is 4.05. The molecule has 0 N–H and O–H groups in total. The summed E-state index contributed by atoms with van der Waals surface area (Å²) in [7, 11) is -1.67. The van der Waals surface area contributed by atoms with Crippen molar-refractivity contribution in [3.8, 4) is 0 Å². The van der Waals surface area contributed by atoms with E-state index in [0.29, 0.717) is 0 Å². The SMILES string of the molecule is Br.C=CC[P](c1ccccc1)(c1ccccc1)c1ccccc1. The summed E-state index contributed by atoms with van der Waals surface area (Å²) in [5, 5.41) is 4.23. The smallest absolute Gasteiger partial charge is 0.00679 e. The lowest BCUT2D eigenvalue weighted by Gasteiger charge is -2.37. The van der Waals surface area contributed by atoms with Crippen LogP contribution in [-0.2, 0) is 0 Å². The van der Waals surface area contributed by atoms with Crippen LogP contribution in [0.5, 0.6) is 0 Å². The molecule has 0 aliphatic heterocycles. The van der Waals surface area contributed by atoms with Crippen LogP contribution in [0, 0.1) is 0 Å². The van der Waals surface area contributed by atoms with E-state index in [1.165, 1.54) is 15.9 Å². The van der Waals surface area contributed by atoms with E-state index in [-0.39, 0.29) is 17.0 Å². The molecule has 0 aromatic heterocycles. The second kappa shape index (κ2) is 8.24. The largest absolute Gasteiger partial charge is 0.114 e. The highest BCUT2D eigenvalue weighted by atomic mass is 79.9. The van der Waals surface area contributed by atoms with Gasteiger partial charge < -0.3 is 0 Å². The predicted octanol–water partition coefficient (Wildman–Crippen LogP) is 4.74. The summed E-state index contributed by atoms with van der Waals surface area (Å²) in [6, 6.07) is 32.7. The Kier molecular flexibility index (Phi) is 6.33. The number of benzene rings is 3. The molecule has 0 spiro atoms. The van der Waals surface area contributed by atoms with Gasteiger partial charge >= 0.3 is 0 Å². The van der Waals surface area contributed by atoms with Gasteiger partial charge in [-0.1, -0.05) is 97.1 Å². The van der Waals surface area contributed by atoms with E-state index in [4.69, 9.17) is 0 Å². The average molecular weight is 384 g/mol.